The predicted octanol–water partition coefficient (Wildman–Crippen LogP) is 1.66. The number of ether oxygens (including phenoxy) is 1. The monoisotopic (exact) mass is 359 g/mol. The van der Waals surface area contributed by atoms with Crippen LogP contribution in [-0.4, -0.2) is 45.4 Å². The fourth-order valence-corrected chi connectivity index (χ4v) is 4.86. The molecule has 1 saturated carbocycles. The number of carbonyl (C=O) groups is 2. The lowest BCUT2D eigenvalue weighted by molar-refractivity contribution is -0.152. The molecular formula is C19H25N3O4. The first-order valence-electron chi connectivity index (χ1n) is 9.55. The van der Waals surface area contributed by atoms with Crippen molar-refractivity contribution in [2.24, 2.45) is 5.92 Å². The van der Waals surface area contributed by atoms with Crippen molar-refractivity contribution < 1.29 is 14.3 Å². The van der Waals surface area contributed by atoms with Gasteiger partial charge in [-0.1, -0.05) is 0 Å². The number of nitrogens with zero attached hydrogens (tertiary/aromatic N) is 2. The third-order valence-electron chi connectivity index (χ3n) is 6.18. The summed E-state index contributed by atoms with van der Waals surface area (Å²) in [4.78, 5) is 45.6. The van der Waals surface area contributed by atoms with Crippen LogP contribution < -0.4 is 5.56 Å². The minimum Gasteiger partial charge on any atom is -0.458 e. The summed E-state index contributed by atoms with van der Waals surface area (Å²) in [6, 6.07) is 1.56. The molecule has 4 rings (SSSR count). The van der Waals surface area contributed by atoms with Crippen molar-refractivity contribution in [3.05, 3.63) is 27.9 Å². The molecule has 1 unspecified atom stereocenters. The lowest BCUT2D eigenvalue weighted by atomic mass is 9.83. The van der Waals surface area contributed by atoms with Crippen molar-refractivity contribution in [3.8, 4) is 0 Å². The van der Waals surface area contributed by atoms with Crippen LogP contribution >= 0.6 is 0 Å². The van der Waals surface area contributed by atoms with Gasteiger partial charge in [0.1, 0.15) is 11.4 Å². The zero-order valence-electron chi connectivity index (χ0n) is 15.1. The topological polar surface area (TPSA) is 92.4 Å². The molecule has 1 atom stereocenters. The molecule has 1 aromatic rings. The number of aromatic amines is 1. The Morgan fingerprint density at radius 1 is 1.27 bits per heavy atom. The summed E-state index contributed by atoms with van der Waals surface area (Å²) >= 11 is 0. The molecule has 2 aliphatic heterocycles. The van der Waals surface area contributed by atoms with Gasteiger partial charge in [0.15, 0.2) is 0 Å². The third kappa shape index (κ3) is 3.04. The maximum Gasteiger partial charge on any atom is 0.307 e. The number of hydrogen-bond acceptors (Lipinski definition) is 5. The fraction of sp³-hybridized carbons (Fsp3) is 0.684. The van der Waals surface area contributed by atoms with Crippen molar-refractivity contribution in [3.63, 3.8) is 0 Å². The van der Waals surface area contributed by atoms with E-state index < -0.39 is 5.60 Å². The molecule has 7 nitrogen and oxygen atoms in total. The van der Waals surface area contributed by atoms with E-state index in [4.69, 9.17) is 4.74 Å². The zero-order valence-corrected chi connectivity index (χ0v) is 15.1. The summed E-state index contributed by atoms with van der Waals surface area (Å²) in [6.45, 7) is 3.05. The largest absolute Gasteiger partial charge is 0.458 e. The van der Waals surface area contributed by atoms with Crippen LogP contribution in [0.25, 0.3) is 0 Å². The molecule has 0 radical (unpaired) electrons. The Hall–Kier alpha value is -2.18. The first-order valence-corrected chi connectivity index (χ1v) is 9.55. The first-order chi connectivity index (χ1) is 12.5. The number of nitrogens with one attached hydrogen (secondary N) is 1. The molecule has 140 valence electrons. The van der Waals surface area contributed by atoms with Crippen LogP contribution in [0.5, 0.6) is 0 Å². The second kappa shape index (κ2) is 6.52. The second-order valence-electron chi connectivity index (χ2n) is 7.86. The highest BCUT2D eigenvalue weighted by Gasteiger charge is 2.54. The van der Waals surface area contributed by atoms with Crippen LogP contribution in [0.3, 0.4) is 0 Å². The molecule has 0 aromatic carbocycles. The van der Waals surface area contributed by atoms with Gasteiger partial charge < -0.3 is 14.6 Å². The van der Waals surface area contributed by atoms with Crippen LogP contribution in [0.15, 0.2) is 10.9 Å². The molecule has 0 bridgehead atoms. The SMILES string of the molecule is Cc1nc(C2CCN(C(=O)C3CC(=O)OC34CCCC4)CC2)cc(=O)[nH]1. The molecule has 1 N–H and O–H groups in total. The van der Waals surface area contributed by atoms with E-state index in [1.165, 1.54) is 0 Å². The van der Waals surface area contributed by atoms with Crippen LogP contribution in [-0.2, 0) is 14.3 Å². The summed E-state index contributed by atoms with van der Waals surface area (Å²) in [5, 5.41) is 0. The number of aromatic nitrogens is 2. The van der Waals surface area contributed by atoms with Crippen molar-refractivity contribution in [1.82, 2.24) is 14.9 Å². The highest BCUT2D eigenvalue weighted by molar-refractivity contribution is 5.88. The van der Waals surface area contributed by atoms with E-state index in [0.717, 1.165) is 44.2 Å². The number of hydrogen-bond donors (Lipinski definition) is 1. The first kappa shape index (κ1) is 17.2. The lowest BCUT2D eigenvalue weighted by Gasteiger charge is -2.36. The summed E-state index contributed by atoms with van der Waals surface area (Å²) in [7, 11) is 0. The molecule has 1 spiro atoms. The molecule has 1 amide bonds. The number of aryl methyl sites for hydroxylation is 1. The molecule has 7 heteroatoms. The Morgan fingerprint density at radius 3 is 2.62 bits per heavy atom. The van der Waals surface area contributed by atoms with Crippen LogP contribution in [0.1, 0.15) is 62.4 Å². The Bertz CT molecular complexity index is 773. The number of H-pyrrole nitrogens is 1. The maximum atomic E-state index is 13.1. The summed E-state index contributed by atoms with van der Waals surface area (Å²) < 4.78 is 5.62. The minimum absolute atomic E-state index is 0.0613. The number of carbonyl (C=O) groups excluding carboxylic acids is 2. The van der Waals surface area contributed by atoms with E-state index >= 15 is 0 Å². The smallest absolute Gasteiger partial charge is 0.307 e. The van der Waals surface area contributed by atoms with Gasteiger partial charge in [0.05, 0.1) is 18.0 Å². The van der Waals surface area contributed by atoms with Gasteiger partial charge in [0.25, 0.3) is 5.56 Å². The normalized spacial score (nSPS) is 25.7. The maximum absolute atomic E-state index is 13.1. The molecular weight excluding hydrogens is 334 g/mol. The molecule has 3 fully saturated rings. The van der Waals surface area contributed by atoms with E-state index in [0.29, 0.717) is 18.9 Å². The predicted molar refractivity (Wildman–Crippen MR) is 93.5 cm³/mol. The standard InChI is InChI=1S/C19H25N3O4/c1-12-20-15(11-16(23)21-12)13-4-8-22(9-5-13)18(25)14-10-17(24)26-19(14)6-2-3-7-19/h11,13-14H,2-10H2,1H3,(H,20,21,23). The minimum atomic E-state index is -0.545. The van der Waals surface area contributed by atoms with Gasteiger partial charge >= 0.3 is 5.97 Å². The molecule has 3 heterocycles. The quantitative estimate of drug-likeness (QED) is 0.811. The van der Waals surface area contributed by atoms with Crippen molar-refractivity contribution >= 4 is 11.9 Å². The summed E-state index contributed by atoms with van der Waals surface area (Å²) in [5.74, 6) is 0.321. The molecule has 3 aliphatic rings. The van der Waals surface area contributed by atoms with E-state index in [1.807, 2.05) is 4.90 Å². The second-order valence-corrected chi connectivity index (χ2v) is 7.86. The Balaban J connectivity index is 1.43. The summed E-state index contributed by atoms with van der Waals surface area (Å²) in [6.07, 6.45) is 5.45. The van der Waals surface area contributed by atoms with Gasteiger partial charge in [0.2, 0.25) is 5.91 Å². The van der Waals surface area contributed by atoms with Crippen LogP contribution in [0.4, 0.5) is 0 Å². The lowest BCUT2D eigenvalue weighted by Crippen LogP contribution is -2.47. The molecule has 2 saturated heterocycles. The number of amides is 1. The third-order valence-corrected chi connectivity index (χ3v) is 6.18. The van der Waals surface area contributed by atoms with E-state index in [9.17, 15) is 14.4 Å². The number of likely N-dealkylation sites (tertiary alicyclic amines) is 1. The highest BCUT2D eigenvalue weighted by atomic mass is 16.6. The highest BCUT2D eigenvalue weighted by Crippen LogP contribution is 2.46. The number of esters is 1. The van der Waals surface area contributed by atoms with E-state index in [1.54, 1.807) is 13.0 Å². The van der Waals surface area contributed by atoms with Gasteiger partial charge in [-0.15, -0.1) is 0 Å². The van der Waals surface area contributed by atoms with Gasteiger partial charge in [-0.3, -0.25) is 14.4 Å². The molecule has 1 aromatic heterocycles. The number of piperidine rings is 1. The van der Waals surface area contributed by atoms with Gasteiger partial charge in [-0.05, 0) is 45.4 Å². The Morgan fingerprint density at radius 2 is 1.96 bits per heavy atom. The fourth-order valence-electron chi connectivity index (χ4n) is 4.86. The number of rotatable bonds is 2. The van der Waals surface area contributed by atoms with E-state index in [-0.39, 0.29) is 35.7 Å². The average molecular weight is 359 g/mol. The average Bonchev–Trinajstić information content (AvgIpc) is 3.20. The summed E-state index contributed by atoms with van der Waals surface area (Å²) in [5.41, 5.74) is 0.136. The van der Waals surface area contributed by atoms with Crippen LogP contribution in [0.2, 0.25) is 0 Å². The van der Waals surface area contributed by atoms with Crippen molar-refractivity contribution in [2.45, 2.75) is 63.4 Å². The molecule has 1 aliphatic carbocycles. The van der Waals surface area contributed by atoms with Gasteiger partial charge in [-0.2, -0.15) is 0 Å². The van der Waals surface area contributed by atoms with Crippen molar-refractivity contribution in [2.75, 3.05) is 13.1 Å². The van der Waals surface area contributed by atoms with Crippen molar-refractivity contribution in [1.29, 1.82) is 0 Å². The zero-order chi connectivity index (χ0) is 18.3. The Labute approximate surface area is 152 Å². The van der Waals surface area contributed by atoms with Gasteiger partial charge in [-0.25, -0.2) is 4.98 Å². The Kier molecular flexibility index (Phi) is 4.32. The molecule has 26 heavy (non-hydrogen) atoms. The van der Waals surface area contributed by atoms with E-state index in [2.05, 4.69) is 9.97 Å². The van der Waals surface area contributed by atoms with Gasteiger partial charge in [0, 0.05) is 25.1 Å². The van der Waals surface area contributed by atoms with Crippen LogP contribution in [0, 0.1) is 12.8 Å².